The van der Waals surface area contributed by atoms with Gasteiger partial charge in [0.05, 0.1) is 36.4 Å². The molecular formula is C13H18N2O4S. The summed E-state index contributed by atoms with van der Waals surface area (Å²) in [5, 5.41) is 0. The summed E-state index contributed by atoms with van der Waals surface area (Å²) in [4.78, 5) is 0.153. The predicted octanol–water partition coefficient (Wildman–Crippen LogP) is 0.735. The molecule has 1 aromatic carbocycles. The van der Waals surface area contributed by atoms with Crippen molar-refractivity contribution in [2.45, 2.75) is 23.8 Å². The highest BCUT2D eigenvalue weighted by Gasteiger charge is 2.26. The molecule has 3 N–H and O–H groups in total. The van der Waals surface area contributed by atoms with Crippen LogP contribution in [0.4, 0.5) is 5.69 Å². The molecule has 0 radical (unpaired) electrons. The van der Waals surface area contributed by atoms with Gasteiger partial charge in [-0.15, -0.1) is 0 Å². The van der Waals surface area contributed by atoms with Crippen LogP contribution in [-0.2, 0) is 14.8 Å². The van der Waals surface area contributed by atoms with Crippen LogP contribution < -0.4 is 15.2 Å². The number of benzene rings is 1. The average Bonchev–Trinajstić information content (AvgIpc) is 3.16. The lowest BCUT2D eigenvalue weighted by Crippen LogP contribution is -2.48. The maximum Gasteiger partial charge on any atom is 0.241 e. The summed E-state index contributed by atoms with van der Waals surface area (Å²) in [6.07, 6.45) is 2.39. The van der Waals surface area contributed by atoms with Crippen molar-refractivity contribution < 1.29 is 17.9 Å². The van der Waals surface area contributed by atoms with E-state index in [1.54, 1.807) is 6.07 Å². The van der Waals surface area contributed by atoms with Crippen molar-refractivity contribution >= 4 is 15.7 Å². The van der Waals surface area contributed by atoms with Crippen molar-refractivity contribution in [1.82, 2.24) is 4.72 Å². The fraction of sp³-hybridized carbons (Fsp3) is 0.538. The topological polar surface area (TPSA) is 90.7 Å². The maximum absolute atomic E-state index is 12.1. The Morgan fingerprint density at radius 3 is 2.65 bits per heavy atom. The molecule has 1 aliphatic heterocycles. The van der Waals surface area contributed by atoms with E-state index in [9.17, 15) is 8.42 Å². The summed E-state index contributed by atoms with van der Waals surface area (Å²) in [5.74, 6) is 1.17. The first-order valence-electron chi connectivity index (χ1n) is 6.67. The molecule has 110 valence electrons. The Hall–Kier alpha value is -1.31. The zero-order valence-corrected chi connectivity index (χ0v) is 11.9. The quantitative estimate of drug-likeness (QED) is 0.756. The van der Waals surface area contributed by atoms with Crippen LogP contribution in [0.15, 0.2) is 23.1 Å². The molecule has 0 spiro atoms. The zero-order chi connectivity index (χ0) is 14.2. The van der Waals surface area contributed by atoms with Crippen molar-refractivity contribution in [3.05, 3.63) is 18.2 Å². The highest BCUT2D eigenvalue weighted by Crippen LogP contribution is 2.31. The summed E-state index contributed by atoms with van der Waals surface area (Å²) < 4.78 is 37.3. The minimum Gasteiger partial charge on any atom is -0.491 e. The fourth-order valence-electron chi connectivity index (χ4n) is 1.91. The number of hydrogen-bond donors (Lipinski definition) is 2. The number of nitrogens with one attached hydrogen (secondary N) is 1. The smallest absolute Gasteiger partial charge is 0.241 e. The molecule has 0 unspecified atom stereocenters. The first kappa shape index (κ1) is 13.7. The van der Waals surface area contributed by atoms with E-state index in [0.717, 1.165) is 0 Å². The van der Waals surface area contributed by atoms with Crippen LogP contribution in [0.5, 0.6) is 5.75 Å². The van der Waals surface area contributed by atoms with Crippen LogP contribution in [0.1, 0.15) is 12.8 Å². The summed E-state index contributed by atoms with van der Waals surface area (Å²) >= 11 is 0. The Balaban J connectivity index is 1.70. The molecule has 2 aliphatic rings. The fourth-order valence-corrected chi connectivity index (χ4v) is 3.15. The summed E-state index contributed by atoms with van der Waals surface area (Å²) in [6.45, 7) is 1.47. The number of sulfonamides is 1. The van der Waals surface area contributed by atoms with Crippen molar-refractivity contribution in [1.29, 1.82) is 0 Å². The van der Waals surface area contributed by atoms with Gasteiger partial charge in [0.15, 0.2) is 0 Å². The second-order valence-electron chi connectivity index (χ2n) is 5.31. The lowest BCUT2D eigenvalue weighted by Gasteiger charge is -2.26. The molecule has 0 aromatic heterocycles. The van der Waals surface area contributed by atoms with Gasteiger partial charge >= 0.3 is 0 Å². The summed E-state index contributed by atoms with van der Waals surface area (Å²) in [7, 11) is -3.54. The van der Waals surface area contributed by atoms with Gasteiger partial charge in [0, 0.05) is 0 Å². The Bertz CT molecular complexity index is 594. The molecule has 0 bridgehead atoms. The second-order valence-corrected chi connectivity index (χ2v) is 7.02. The van der Waals surface area contributed by atoms with Gasteiger partial charge in [0.2, 0.25) is 10.0 Å². The van der Waals surface area contributed by atoms with E-state index in [1.807, 2.05) is 0 Å². The molecule has 1 saturated heterocycles. The molecule has 7 heteroatoms. The molecule has 1 heterocycles. The van der Waals surface area contributed by atoms with Crippen molar-refractivity contribution in [2.75, 3.05) is 25.6 Å². The highest BCUT2D eigenvalue weighted by atomic mass is 32.2. The van der Waals surface area contributed by atoms with Crippen molar-refractivity contribution in [3.8, 4) is 5.75 Å². The van der Waals surface area contributed by atoms with E-state index in [0.29, 0.717) is 37.2 Å². The third-order valence-corrected chi connectivity index (χ3v) is 4.94. The summed E-state index contributed by atoms with van der Waals surface area (Å²) in [5.41, 5.74) is 6.21. The lowest BCUT2D eigenvalue weighted by molar-refractivity contribution is 0.00482. The Labute approximate surface area is 118 Å². The first-order chi connectivity index (χ1) is 9.54. The number of hydrogen-bond acceptors (Lipinski definition) is 5. The molecule has 0 atom stereocenters. The normalized spacial score (nSPS) is 19.6. The molecule has 1 aliphatic carbocycles. The van der Waals surface area contributed by atoms with Crippen LogP contribution in [0.2, 0.25) is 0 Å². The molecule has 0 amide bonds. The van der Waals surface area contributed by atoms with Crippen LogP contribution in [0, 0.1) is 5.92 Å². The van der Waals surface area contributed by atoms with E-state index in [1.165, 1.54) is 25.0 Å². The van der Waals surface area contributed by atoms with Gasteiger partial charge in [-0.05, 0) is 37.0 Å². The molecular weight excluding hydrogens is 280 g/mol. The standard InChI is InChI=1S/C13H18N2O4S/c14-12-5-11(20(16,17)15-10-7-18-8-10)3-4-13(12)19-6-9-1-2-9/h3-5,9-10,15H,1-2,6-8,14H2. The molecule has 3 rings (SSSR count). The maximum atomic E-state index is 12.1. The SMILES string of the molecule is Nc1cc(S(=O)(=O)NC2COC2)ccc1OCC1CC1. The molecule has 2 fully saturated rings. The zero-order valence-electron chi connectivity index (χ0n) is 11.0. The Morgan fingerprint density at radius 2 is 2.10 bits per heavy atom. The van der Waals surface area contributed by atoms with Crippen LogP contribution in [-0.4, -0.2) is 34.3 Å². The van der Waals surface area contributed by atoms with Crippen LogP contribution in [0.25, 0.3) is 0 Å². The number of nitrogen functional groups attached to an aromatic ring is 1. The minimum atomic E-state index is -3.54. The number of rotatable bonds is 6. The van der Waals surface area contributed by atoms with Gasteiger partial charge in [-0.3, -0.25) is 0 Å². The number of nitrogens with two attached hydrogens (primary N) is 1. The van der Waals surface area contributed by atoms with E-state index in [-0.39, 0.29) is 10.9 Å². The Morgan fingerprint density at radius 1 is 1.35 bits per heavy atom. The largest absolute Gasteiger partial charge is 0.491 e. The minimum absolute atomic E-state index is 0.146. The van der Waals surface area contributed by atoms with Gasteiger partial charge in [-0.1, -0.05) is 0 Å². The van der Waals surface area contributed by atoms with E-state index in [4.69, 9.17) is 15.2 Å². The van der Waals surface area contributed by atoms with Gasteiger partial charge in [0.1, 0.15) is 5.75 Å². The van der Waals surface area contributed by atoms with E-state index >= 15 is 0 Å². The van der Waals surface area contributed by atoms with E-state index in [2.05, 4.69) is 4.72 Å². The van der Waals surface area contributed by atoms with Crippen LogP contribution in [0.3, 0.4) is 0 Å². The van der Waals surface area contributed by atoms with Gasteiger partial charge in [-0.25, -0.2) is 13.1 Å². The van der Waals surface area contributed by atoms with E-state index < -0.39 is 10.0 Å². The molecule has 1 aromatic rings. The third kappa shape index (κ3) is 3.05. The molecule has 20 heavy (non-hydrogen) atoms. The van der Waals surface area contributed by atoms with Crippen molar-refractivity contribution in [3.63, 3.8) is 0 Å². The van der Waals surface area contributed by atoms with Gasteiger partial charge in [-0.2, -0.15) is 0 Å². The van der Waals surface area contributed by atoms with Gasteiger partial charge in [0.25, 0.3) is 0 Å². The van der Waals surface area contributed by atoms with Crippen molar-refractivity contribution in [2.24, 2.45) is 5.92 Å². The number of anilines is 1. The molecule has 6 nitrogen and oxygen atoms in total. The Kier molecular flexibility index (Phi) is 3.57. The third-order valence-electron chi connectivity index (χ3n) is 3.42. The number of ether oxygens (including phenoxy) is 2. The van der Waals surface area contributed by atoms with Gasteiger partial charge < -0.3 is 15.2 Å². The second kappa shape index (κ2) is 5.23. The molecule has 1 saturated carbocycles. The first-order valence-corrected chi connectivity index (χ1v) is 8.15. The highest BCUT2D eigenvalue weighted by molar-refractivity contribution is 7.89. The predicted molar refractivity (Wildman–Crippen MR) is 74.0 cm³/mol. The summed E-state index contributed by atoms with van der Waals surface area (Å²) in [6, 6.07) is 4.42. The average molecular weight is 298 g/mol. The monoisotopic (exact) mass is 298 g/mol. The van der Waals surface area contributed by atoms with Crippen LogP contribution >= 0.6 is 0 Å². The lowest BCUT2D eigenvalue weighted by atomic mass is 10.3.